The molecule has 0 bridgehead atoms. The van der Waals surface area contributed by atoms with Crippen LogP contribution in [0, 0.1) is 0 Å². The quantitative estimate of drug-likeness (QED) is 0.498. The van der Waals surface area contributed by atoms with Gasteiger partial charge in [0.15, 0.2) is 0 Å². The predicted molar refractivity (Wildman–Crippen MR) is 54.0 cm³/mol. The fraction of sp³-hybridized carbons (Fsp3) is 0.400. The molecule has 1 aromatic rings. The molecule has 0 aliphatic rings. The normalized spacial score (nSPS) is 12.5. The van der Waals surface area contributed by atoms with Crippen LogP contribution in [0.2, 0.25) is 0 Å². The van der Waals surface area contributed by atoms with E-state index in [1.54, 1.807) is 14.6 Å². The Morgan fingerprint density at radius 2 is 2.00 bits per heavy atom. The van der Waals surface area contributed by atoms with Crippen LogP contribution in [0.25, 0.3) is 0 Å². The first-order valence-electron chi connectivity index (χ1n) is 4.43. The molecule has 3 heteroatoms. The number of hydrogen-bond acceptors (Lipinski definition) is 2. The highest BCUT2D eigenvalue weighted by Gasteiger charge is 2.04. The summed E-state index contributed by atoms with van der Waals surface area (Å²) in [5.74, 6) is 0. The second-order valence-electron chi connectivity index (χ2n) is 2.74. The zero-order chi connectivity index (χ0) is 9.52. The van der Waals surface area contributed by atoms with E-state index in [0.29, 0.717) is 0 Å². The molecule has 0 saturated carbocycles. The van der Waals surface area contributed by atoms with Crippen molar-refractivity contribution in [3.05, 3.63) is 30.3 Å². The number of rotatable bonds is 5. The Hall–Kier alpha value is -0.795. The van der Waals surface area contributed by atoms with Gasteiger partial charge in [-0.3, -0.25) is 0 Å². The molecule has 0 aromatic heterocycles. The third-order valence-electron chi connectivity index (χ3n) is 1.75. The van der Waals surface area contributed by atoms with Crippen molar-refractivity contribution >= 4 is 12.9 Å². The summed E-state index contributed by atoms with van der Waals surface area (Å²) in [5.41, 5.74) is 1.05. The second kappa shape index (κ2) is 5.78. The molecule has 1 aromatic carbocycles. The molecule has 13 heavy (non-hydrogen) atoms. The first-order chi connectivity index (χ1) is 6.36. The summed E-state index contributed by atoms with van der Waals surface area (Å²) in [6, 6.07) is 9.90. The van der Waals surface area contributed by atoms with Gasteiger partial charge >= 0.3 is 7.48 Å². The molecule has 0 aliphatic heterocycles. The average molecular weight is 177 g/mol. The lowest BCUT2D eigenvalue weighted by Gasteiger charge is -2.13. The molecule has 69 valence electrons. The number of methoxy groups -OCH3 is 1. The summed E-state index contributed by atoms with van der Waals surface area (Å²) >= 11 is 0. The highest BCUT2D eigenvalue weighted by Crippen LogP contribution is 1.96. The van der Waals surface area contributed by atoms with E-state index >= 15 is 0 Å². The van der Waals surface area contributed by atoms with Crippen molar-refractivity contribution in [2.45, 2.75) is 19.6 Å². The lowest BCUT2D eigenvalue weighted by atomic mass is 9.88. The van der Waals surface area contributed by atoms with Crippen LogP contribution in [0.15, 0.2) is 30.3 Å². The maximum absolute atomic E-state index is 5.38. The van der Waals surface area contributed by atoms with Crippen LogP contribution in [-0.2, 0) is 9.39 Å². The number of hydrogen-bond donors (Lipinski definition) is 0. The standard InChI is InChI=1S/C10H14BO2/c1-3-10(12-2)13-11-9-7-5-4-6-8-9/h4-8,10H,3H2,1-2H3. The molecular weight excluding hydrogens is 163 g/mol. The SMILES string of the molecule is CCC(OC)O[B]c1ccccc1. The third kappa shape index (κ3) is 3.62. The van der Waals surface area contributed by atoms with Gasteiger partial charge in [0.1, 0.15) is 6.29 Å². The van der Waals surface area contributed by atoms with Crippen molar-refractivity contribution in [1.82, 2.24) is 0 Å². The number of benzene rings is 1. The van der Waals surface area contributed by atoms with Gasteiger partial charge in [-0.2, -0.15) is 0 Å². The summed E-state index contributed by atoms with van der Waals surface area (Å²) in [6.07, 6.45) is 0.708. The molecule has 0 heterocycles. The first kappa shape index (κ1) is 10.3. The van der Waals surface area contributed by atoms with Crippen molar-refractivity contribution < 1.29 is 9.39 Å². The van der Waals surface area contributed by atoms with Crippen LogP contribution in [-0.4, -0.2) is 20.9 Å². The van der Waals surface area contributed by atoms with Gasteiger partial charge in [-0.05, 0) is 6.42 Å². The lowest BCUT2D eigenvalue weighted by Crippen LogP contribution is -2.24. The molecule has 0 N–H and O–H groups in total. The highest BCUT2D eigenvalue weighted by atomic mass is 16.7. The molecule has 1 radical (unpaired) electrons. The van der Waals surface area contributed by atoms with Crippen molar-refractivity contribution in [3.63, 3.8) is 0 Å². The molecule has 1 atom stereocenters. The minimum Gasteiger partial charge on any atom is -0.411 e. The zero-order valence-corrected chi connectivity index (χ0v) is 8.07. The number of ether oxygens (including phenoxy) is 1. The minimum absolute atomic E-state index is 0.139. The predicted octanol–water partition coefficient (Wildman–Crippen LogP) is 1.33. The van der Waals surface area contributed by atoms with Gasteiger partial charge in [0.2, 0.25) is 0 Å². The second-order valence-corrected chi connectivity index (χ2v) is 2.74. The Balaban J connectivity index is 2.34. The van der Waals surface area contributed by atoms with Crippen molar-refractivity contribution in [2.75, 3.05) is 7.11 Å². The summed E-state index contributed by atoms with van der Waals surface area (Å²) in [4.78, 5) is 0. The molecule has 0 spiro atoms. The summed E-state index contributed by atoms with van der Waals surface area (Å²) in [5, 5.41) is 0. The van der Waals surface area contributed by atoms with Crippen LogP contribution in [0.1, 0.15) is 13.3 Å². The molecule has 0 amide bonds. The average Bonchev–Trinajstić information content (AvgIpc) is 2.21. The maximum Gasteiger partial charge on any atom is 0.333 e. The summed E-state index contributed by atoms with van der Waals surface area (Å²) in [7, 11) is 3.37. The van der Waals surface area contributed by atoms with Crippen LogP contribution >= 0.6 is 0 Å². The van der Waals surface area contributed by atoms with E-state index in [1.807, 2.05) is 37.3 Å². The first-order valence-corrected chi connectivity index (χ1v) is 4.43. The van der Waals surface area contributed by atoms with E-state index in [0.717, 1.165) is 11.9 Å². The van der Waals surface area contributed by atoms with Gasteiger partial charge in [0, 0.05) is 7.11 Å². The highest BCUT2D eigenvalue weighted by molar-refractivity contribution is 6.46. The van der Waals surface area contributed by atoms with Gasteiger partial charge in [-0.25, -0.2) is 0 Å². The van der Waals surface area contributed by atoms with Crippen LogP contribution < -0.4 is 5.46 Å². The van der Waals surface area contributed by atoms with Crippen molar-refractivity contribution in [1.29, 1.82) is 0 Å². The molecule has 0 fully saturated rings. The van der Waals surface area contributed by atoms with Gasteiger partial charge in [-0.1, -0.05) is 42.7 Å². The smallest absolute Gasteiger partial charge is 0.333 e. The van der Waals surface area contributed by atoms with Gasteiger partial charge < -0.3 is 9.39 Å². The Labute approximate surface area is 80.1 Å². The van der Waals surface area contributed by atoms with Gasteiger partial charge in [0.05, 0.1) is 0 Å². The Kier molecular flexibility index (Phi) is 4.58. The van der Waals surface area contributed by atoms with E-state index < -0.39 is 0 Å². The lowest BCUT2D eigenvalue weighted by molar-refractivity contribution is -0.0525. The summed E-state index contributed by atoms with van der Waals surface area (Å²) in [6.45, 7) is 2.02. The topological polar surface area (TPSA) is 18.5 Å². The Morgan fingerprint density at radius 1 is 1.31 bits per heavy atom. The third-order valence-corrected chi connectivity index (χ3v) is 1.75. The molecule has 0 saturated heterocycles. The van der Waals surface area contributed by atoms with E-state index in [-0.39, 0.29) is 6.29 Å². The monoisotopic (exact) mass is 177 g/mol. The van der Waals surface area contributed by atoms with Crippen LogP contribution in [0.4, 0.5) is 0 Å². The van der Waals surface area contributed by atoms with Gasteiger partial charge in [0.25, 0.3) is 0 Å². The molecule has 2 nitrogen and oxygen atoms in total. The van der Waals surface area contributed by atoms with E-state index in [4.69, 9.17) is 9.39 Å². The largest absolute Gasteiger partial charge is 0.411 e. The summed E-state index contributed by atoms with van der Waals surface area (Å²) < 4.78 is 10.4. The van der Waals surface area contributed by atoms with Crippen molar-refractivity contribution in [3.8, 4) is 0 Å². The Bertz CT molecular complexity index is 222. The van der Waals surface area contributed by atoms with E-state index in [1.165, 1.54) is 0 Å². The van der Waals surface area contributed by atoms with Crippen LogP contribution in [0.5, 0.6) is 0 Å². The Morgan fingerprint density at radius 3 is 2.54 bits per heavy atom. The minimum atomic E-state index is -0.139. The zero-order valence-electron chi connectivity index (χ0n) is 8.07. The molecule has 1 rings (SSSR count). The maximum atomic E-state index is 5.38. The molecule has 1 unspecified atom stereocenters. The van der Waals surface area contributed by atoms with Crippen LogP contribution in [0.3, 0.4) is 0 Å². The molecule has 0 aliphatic carbocycles. The van der Waals surface area contributed by atoms with Crippen molar-refractivity contribution in [2.24, 2.45) is 0 Å². The van der Waals surface area contributed by atoms with Gasteiger partial charge in [-0.15, -0.1) is 0 Å². The fourth-order valence-corrected chi connectivity index (χ4v) is 1.00. The fourth-order valence-electron chi connectivity index (χ4n) is 1.00. The van der Waals surface area contributed by atoms with E-state index in [9.17, 15) is 0 Å². The van der Waals surface area contributed by atoms with E-state index in [2.05, 4.69) is 0 Å². The molecular formula is C10H14BO2.